The van der Waals surface area contributed by atoms with Crippen LogP contribution in [0.5, 0.6) is 0 Å². The van der Waals surface area contributed by atoms with Crippen molar-refractivity contribution in [2.24, 2.45) is 0 Å². The van der Waals surface area contributed by atoms with Crippen molar-refractivity contribution in [3.63, 3.8) is 0 Å². The van der Waals surface area contributed by atoms with Gasteiger partial charge in [0, 0.05) is 5.56 Å². The summed E-state index contributed by atoms with van der Waals surface area (Å²) in [5, 5.41) is 0. The number of hydrogen-bond acceptors (Lipinski definition) is 1. The van der Waals surface area contributed by atoms with Gasteiger partial charge in [0.25, 0.3) is 0 Å². The molecule has 0 amide bonds. The van der Waals surface area contributed by atoms with Gasteiger partial charge in [-0.25, -0.2) is 8.78 Å². The van der Waals surface area contributed by atoms with E-state index >= 15 is 0 Å². The fraction of sp³-hybridized carbons (Fsp3) is 0.333. The lowest BCUT2D eigenvalue weighted by atomic mass is 10.1. The molecule has 1 fully saturated rings. The molecule has 0 aliphatic carbocycles. The standard InChI is InChI=1S/C9H8F2O/c1-5-7(10)2-6(3-8(5)11)9-4-12-9/h2-3,9H,4H2,1H3. The molecule has 1 aliphatic rings. The van der Waals surface area contributed by atoms with Crippen molar-refractivity contribution in [1.29, 1.82) is 0 Å². The van der Waals surface area contributed by atoms with E-state index in [0.717, 1.165) is 0 Å². The summed E-state index contributed by atoms with van der Waals surface area (Å²) in [6.45, 7) is 1.99. The number of epoxide rings is 1. The average Bonchev–Trinajstić information content (AvgIpc) is 2.81. The minimum atomic E-state index is -0.500. The van der Waals surface area contributed by atoms with E-state index in [-0.39, 0.29) is 11.7 Å². The van der Waals surface area contributed by atoms with Gasteiger partial charge in [0.15, 0.2) is 0 Å². The highest BCUT2D eigenvalue weighted by atomic mass is 19.1. The molecule has 0 saturated carbocycles. The maximum Gasteiger partial charge on any atom is 0.129 e. The van der Waals surface area contributed by atoms with E-state index in [2.05, 4.69) is 0 Å². The van der Waals surface area contributed by atoms with E-state index in [1.807, 2.05) is 0 Å². The van der Waals surface area contributed by atoms with Gasteiger partial charge in [-0.15, -0.1) is 0 Å². The van der Waals surface area contributed by atoms with Crippen LogP contribution in [0.3, 0.4) is 0 Å². The van der Waals surface area contributed by atoms with Crippen LogP contribution in [-0.2, 0) is 4.74 Å². The Morgan fingerprint density at radius 2 is 1.83 bits per heavy atom. The third kappa shape index (κ3) is 1.20. The van der Waals surface area contributed by atoms with Gasteiger partial charge in [0.1, 0.15) is 17.7 Å². The van der Waals surface area contributed by atoms with Crippen LogP contribution in [0.1, 0.15) is 17.2 Å². The van der Waals surface area contributed by atoms with Crippen LogP contribution < -0.4 is 0 Å². The van der Waals surface area contributed by atoms with E-state index in [1.165, 1.54) is 19.1 Å². The number of ether oxygens (including phenoxy) is 1. The summed E-state index contributed by atoms with van der Waals surface area (Å²) in [7, 11) is 0. The topological polar surface area (TPSA) is 12.5 Å². The van der Waals surface area contributed by atoms with Crippen molar-refractivity contribution in [3.05, 3.63) is 34.9 Å². The fourth-order valence-corrected chi connectivity index (χ4v) is 1.09. The number of halogens is 2. The second-order valence-corrected chi connectivity index (χ2v) is 2.93. The van der Waals surface area contributed by atoms with Crippen LogP contribution in [-0.4, -0.2) is 6.61 Å². The van der Waals surface area contributed by atoms with Crippen molar-refractivity contribution in [3.8, 4) is 0 Å². The Bertz CT molecular complexity index is 295. The fourth-order valence-electron chi connectivity index (χ4n) is 1.09. The zero-order valence-electron chi connectivity index (χ0n) is 6.60. The molecule has 64 valence electrons. The Kier molecular flexibility index (Phi) is 1.61. The van der Waals surface area contributed by atoms with E-state index in [0.29, 0.717) is 12.2 Å². The monoisotopic (exact) mass is 170 g/mol. The Balaban J connectivity index is 2.45. The number of benzene rings is 1. The van der Waals surface area contributed by atoms with E-state index in [1.54, 1.807) is 0 Å². The van der Waals surface area contributed by atoms with Gasteiger partial charge < -0.3 is 4.74 Å². The van der Waals surface area contributed by atoms with Gasteiger partial charge in [-0.3, -0.25) is 0 Å². The van der Waals surface area contributed by atoms with Crippen LogP contribution in [0.15, 0.2) is 12.1 Å². The molecular formula is C9H8F2O. The predicted octanol–water partition coefficient (Wildman–Crippen LogP) is 2.34. The summed E-state index contributed by atoms with van der Waals surface area (Å²) in [5.74, 6) is -0.999. The van der Waals surface area contributed by atoms with Crippen LogP contribution in [0.2, 0.25) is 0 Å². The van der Waals surface area contributed by atoms with Crippen molar-refractivity contribution >= 4 is 0 Å². The molecular weight excluding hydrogens is 162 g/mol. The summed E-state index contributed by atoms with van der Waals surface area (Å²) < 4.78 is 30.8. The maximum atomic E-state index is 12.9. The normalized spacial score (nSPS) is 21.1. The first-order valence-electron chi connectivity index (χ1n) is 3.75. The van der Waals surface area contributed by atoms with Crippen molar-refractivity contribution in [1.82, 2.24) is 0 Å². The molecule has 1 aromatic carbocycles. The minimum absolute atomic E-state index is 0.0689. The largest absolute Gasteiger partial charge is 0.368 e. The smallest absolute Gasteiger partial charge is 0.129 e. The zero-order chi connectivity index (χ0) is 8.72. The predicted molar refractivity (Wildman–Crippen MR) is 39.8 cm³/mol. The SMILES string of the molecule is Cc1c(F)cc(C2CO2)cc1F. The molecule has 0 radical (unpaired) electrons. The van der Waals surface area contributed by atoms with E-state index in [4.69, 9.17) is 4.74 Å². The van der Waals surface area contributed by atoms with Crippen LogP contribution >= 0.6 is 0 Å². The lowest BCUT2D eigenvalue weighted by molar-refractivity contribution is 0.413. The number of rotatable bonds is 1. The summed E-state index contributed by atoms with van der Waals surface area (Å²) >= 11 is 0. The van der Waals surface area contributed by atoms with E-state index in [9.17, 15) is 8.78 Å². The van der Waals surface area contributed by atoms with Gasteiger partial charge in [-0.2, -0.15) is 0 Å². The Hall–Kier alpha value is -0.960. The minimum Gasteiger partial charge on any atom is -0.368 e. The highest BCUT2D eigenvalue weighted by Crippen LogP contribution is 2.31. The van der Waals surface area contributed by atoms with Gasteiger partial charge in [-0.1, -0.05) is 0 Å². The molecule has 1 heterocycles. The molecule has 1 aromatic rings. The zero-order valence-corrected chi connectivity index (χ0v) is 6.60. The maximum absolute atomic E-state index is 12.9. The lowest BCUT2D eigenvalue weighted by Gasteiger charge is -2.01. The molecule has 0 bridgehead atoms. The molecule has 3 heteroatoms. The summed E-state index contributed by atoms with van der Waals surface area (Å²) in [6.07, 6.45) is -0.0883. The average molecular weight is 170 g/mol. The second kappa shape index (κ2) is 2.52. The molecule has 12 heavy (non-hydrogen) atoms. The highest BCUT2D eigenvalue weighted by Gasteiger charge is 2.26. The first kappa shape index (κ1) is 7.68. The first-order chi connectivity index (χ1) is 5.68. The Morgan fingerprint density at radius 1 is 1.33 bits per heavy atom. The van der Waals surface area contributed by atoms with Crippen molar-refractivity contribution in [2.75, 3.05) is 6.61 Å². The van der Waals surface area contributed by atoms with Crippen molar-refractivity contribution in [2.45, 2.75) is 13.0 Å². The highest BCUT2D eigenvalue weighted by molar-refractivity contribution is 5.28. The Morgan fingerprint density at radius 3 is 2.25 bits per heavy atom. The van der Waals surface area contributed by atoms with Gasteiger partial charge in [-0.05, 0) is 24.6 Å². The molecule has 2 rings (SSSR count). The summed E-state index contributed by atoms with van der Waals surface area (Å²) in [6, 6.07) is 2.66. The molecule has 1 aliphatic heterocycles. The molecule has 1 unspecified atom stereocenters. The van der Waals surface area contributed by atoms with Gasteiger partial charge in [0.05, 0.1) is 6.61 Å². The lowest BCUT2D eigenvalue weighted by Crippen LogP contribution is -1.92. The molecule has 1 atom stereocenters. The van der Waals surface area contributed by atoms with Crippen LogP contribution in [0.4, 0.5) is 8.78 Å². The summed E-state index contributed by atoms with van der Waals surface area (Å²) in [4.78, 5) is 0. The third-order valence-electron chi connectivity index (χ3n) is 2.01. The van der Waals surface area contributed by atoms with Gasteiger partial charge >= 0.3 is 0 Å². The van der Waals surface area contributed by atoms with Crippen molar-refractivity contribution < 1.29 is 13.5 Å². The first-order valence-corrected chi connectivity index (χ1v) is 3.75. The Labute approximate surface area is 69.0 Å². The van der Waals surface area contributed by atoms with Crippen LogP contribution in [0.25, 0.3) is 0 Å². The molecule has 0 N–H and O–H groups in total. The number of hydrogen-bond donors (Lipinski definition) is 0. The van der Waals surface area contributed by atoms with E-state index < -0.39 is 11.6 Å². The second-order valence-electron chi connectivity index (χ2n) is 2.93. The van der Waals surface area contributed by atoms with Crippen LogP contribution in [0, 0.1) is 18.6 Å². The third-order valence-corrected chi connectivity index (χ3v) is 2.01. The molecule has 0 spiro atoms. The van der Waals surface area contributed by atoms with Gasteiger partial charge in [0.2, 0.25) is 0 Å². The molecule has 1 saturated heterocycles. The summed E-state index contributed by atoms with van der Waals surface area (Å²) in [5.41, 5.74) is 0.662. The quantitative estimate of drug-likeness (QED) is 0.589. The molecule has 0 aromatic heterocycles. The molecule has 1 nitrogen and oxygen atoms in total.